The van der Waals surface area contributed by atoms with Crippen LogP contribution in [0.25, 0.3) is 0 Å². The Bertz CT molecular complexity index is 410. The number of amides is 1. The number of aromatic nitrogens is 2. The van der Waals surface area contributed by atoms with Gasteiger partial charge in [-0.1, -0.05) is 0 Å². The maximum Gasteiger partial charge on any atom is 0.240 e. The number of hydrogen-bond acceptors (Lipinski definition) is 6. The fourth-order valence-electron chi connectivity index (χ4n) is 2.08. The van der Waals surface area contributed by atoms with E-state index in [1.165, 1.54) is 0 Å². The predicted octanol–water partition coefficient (Wildman–Crippen LogP) is -0.394. The molecule has 1 saturated heterocycles. The third kappa shape index (κ3) is 2.44. The smallest absolute Gasteiger partial charge is 0.240 e. The third-order valence-electron chi connectivity index (χ3n) is 2.90. The number of anilines is 2. The number of nitrogens with two attached hydrogens (primary N) is 2. The van der Waals surface area contributed by atoms with Crippen LogP contribution in [0.4, 0.5) is 11.8 Å². The molecule has 0 bridgehead atoms. The second kappa shape index (κ2) is 4.96. The lowest BCUT2D eigenvalue weighted by Crippen LogP contribution is -2.48. The van der Waals surface area contributed by atoms with Gasteiger partial charge >= 0.3 is 0 Å². The highest BCUT2D eigenvalue weighted by molar-refractivity contribution is 5.83. The van der Waals surface area contributed by atoms with Gasteiger partial charge < -0.3 is 10.6 Å². The van der Waals surface area contributed by atoms with Gasteiger partial charge in [0.2, 0.25) is 11.9 Å². The Hall–Kier alpha value is -1.89. The van der Waals surface area contributed by atoms with Crippen LogP contribution in [-0.4, -0.2) is 28.5 Å². The van der Waals surface area contributed by atoms with E-state index < -0.39 is 0 Å². The Balaban J connectivity index is 2.26. The van der Waals surface area contributed by atoms with Gasteiger partial charge in [0.05, 0.1) is 0 Å². The molecule has 1 aliphatic rings. The van der Waals surface area contributed by atoms with E-state index >= 15 is 0 Å². The van der Waals surface area contributed by atoms with Gasteiger partial charge in [0.1, 0.15) is 11.9 Å². The Morgan fingerprint density at radius 2 is 2.35 bits per heavy atom. The molecule has 92 valence electrons. The first kappa shape index (κ1) is 11.6. The van der Waals surface area contributed by atoms with E-state index in [4.69, 9.17) is 11.6 Å². The first-order valence-corrected chi connectivity index (χ1v) is 5.58. The van der Waals surface area contributed by atoms with Gasteiger partial charge in [0, 0.05) is 12.7 Å². The largest absolute Gasteiger partial charge is 0.368 e. The SMILES string of the molecule is NNc1nccc(N2CCCCC2C(N)=O)n1. The molecule has 1 amide bonds. The highest BCUT2D eigenvalue weighted by Gasteiger charge is 2.27. The van der Waals surface area contributed by atoms with E-state index in [2.05, 4.69) is 15.4 Å². The van der Waals surface area contributed by atoms with Crippen LogP contribution in [0.3, 0.4) is 0 Å². The summed E-state index contributed by atoms with van der Waals surface area (Å²) in [6.07, 6.45) is 4.41. The van der Waals surface area contributed by atoms with Crippen molar-refractivity contribution in [2.24, 2.45) is 11.6 Å². The van der Waals surface area contributed by atoms with E-state index in [-0.39, 0.29) is 11.9 Å². The molecule has 1 atom stereocenters. The molecule has 0 radical (unpaired) electrons. The first-order valence-electron chi connectivity index (χ1n) is 5.58. The van der Waals surface area contributed by atoms with E-state index in [0.29, 0.717) is 11.8 Å². The number of piperidine rings is 1. The van der Waals surface area contributed by atoms with Crippen LogP contribution in [-0.2, 0) is 4.79 Å². The number of nitrogen functional groups attached to an aromatic ring is 1. The second-order valence-electron chi connectivity index (χ2n) is 3.99. The van der Waals surface area contributed by atoms with Crippen molar-refractivity contribution < 1.29 is 4.79 Å². The van der Waals surface area contributed by atoms with Crippen LogP contribution < -0.4 is 21.9 Å². The first-order chi connectivity index (χ1) is 8.22. The lowest BCUT2D eigenvalue weighted by molar-refractivity contribution is -0.119. The molecule has 2 heterocycles. The molecular weight excluding hydrogens is 220 g/mol. The molecule has 0 aromatic carbocycles. The Kier molecular flexibility index (Phi) is 3.38. The van der Waals surface area contributed by atoms with Gasteiger partial charge in [0.25, 0.3) is 0 Å². The molecule has 1 aromatic heterocycles. The van der Waals surface area contributed by atoms with Crippen LogP contribution in [0, 0.1) is 0 Å². The Morgan fingerprint density at radius 1 is 1.53 bits per heavy atom. The van der Waals surface area contributed by atoms with Crippen LogP contribution in [0.5, 0.6) is 0 Å². The minimum absolute atomic E-state index is 0.288. The number of carbonyl (C=O) groups is 1. The fraction of sp³-hybridized carbons (Fsp3) is 0.500. The average molecular weight is 236 g/mol. The van der Waals surface area contributed by atoms with Crippen molar-refractivity contribution in [1.29, 1.82) is 0 Å². The number of primary amides is 1. The maximum atomic E-state index is 11.4. The van der Waals surface area contributed by atoms with E-state index in [9.17, 15) is 4.79 Å². The monoisotopic (exact) mass is 236 g/mol. The van der Waals surface area contributed by atoms with Crippen molar-refractivity contribution >= 4 is 17.7 Å². The zero-order valence-corrected chi connectivity index (χ0v) is 9.47. The summed E-state index contributed by atoms with van der Waals surface area (Å²) in [7, 11) is 0. The summed E-state index contributed by atoms with van der Waals surface area (Å²) in [6, 6.07) is 1.46. The van der Waals surface area contributed by atoms with Crippen molar-refractivity contribution in [3.05, 3.63) is 12.3 Å². The molecule has 1 unspecified atom stereocenters. The van der Waals surface area contributed by atoms with E-state index in [1.54, 1.807) is 12.3 Å². The normalized spacial score (nSPS) is 20.1. The highest BCUT2D eigenvalue weighted by Crippen LogP contribution is 2.23. The van der Waals surface area contributed by atoms with Crippen LogP contribution in [0.2, 0.25) is 0 Å². The van der Waals surface area contributed by atoms with E-state index in [1.807, 2.05) is 4.90 Å². The van der Waals surface area contributed by atoms with Crippen LogP contribution in [0.1, 0.15) is 19.3 Å². The standard InChI is InChI=1S/C10H16N6O/c11-9(17)7-3-1-2-6-16(7)8-4-5-13-10(14-8)15-12/h4-5,7H,1-3,6,12H2,(H2,11,17)(H,13,14,15). The van der Waals surface area contributed by atoms with Gasteiger partial charge in [-0.3, -0.25) is 10.2 Å². The molecule has 1 fully saturated rings. The topological polar surface area (TPSA) is 110 Å². The molecule has 0 aliphatic carbocycles. The summed E-state index contributed by atoms with van der Waals surface area (Å²) in [5, 5.41) is 0. The summed E-state index contributed by atoms with van der Waals surface area (Å²) >= 11 is 0. The van der Waals surface area contributed by atoms with Crippen molar-refractivity contribution in [3.8, 4) is 0 Å². The number of nitrogens with one attached hydrogen (secondary N) is 1. The Labute approximate surface area is 99.2 Å². The van der Waals surface area contributed by atoms with Crippen LogP contribution >= 0.6 is 0 Å². The fourth-order valence-corrected chi connectivity index (χ4v) is 2.08. The molecular formula is C10H16N6O. The summed E-state index contributed by atoms with van der Waals surface area (Å²) in [5.41, 5.74) is 7.79. The zero-order valence-electron chi connectivity index (χ0n) is 9.47. The number of carbonyl (C=O) groups excluding carboxylic acids is 1. The van der Waals surface area contributed by atoms with Crippen molar-refractivity contribution in [1.82, 2.24) is 9.97 Å². The summed E-state index contributed by atoms with van der Waals surface area (Å²) in [5.74, 6) is 5.95. The molecule has 7 heteroatoms. The quantitative estimate of drug-likeness (QED) is 0.487. The third-order valence-corrected chi connectivity index (χ3v) is 2.90. The summed E-state index contributed by atoms with van der Waals surface area (Å²) < 4.78 is 0. The minimum atomic E-state index is -0.314. The van der Waals surface area contributed by atoms with Crippen LogP contribution in [0.15, 0.2) is 12.3 Å². The number of hydrazine groups is 1. The van der Waals surface area contributed by atoms with Crippen molar-refractivity contribution in [2.75, 3.05) is 16.9 Å². The molecule has 7 nitrogen and oxygen atoms in total. The summed E-state index contributed by atoms with van der Waals surface area (Å²) in [4.78, 5) is 21.5. The number of rotatable bonds is 3. The molecule has 5 N–H and O–H groups in total. The molecule has 17 heavy (non-hydrogen) atoms. The molecule has 0 spiro atoms. The lowest BCUT2D eigenvalue weighted by atomic mass is 10.0. The maximum absolute atomic E-state index is 11.4. The van der Waals surface area contributed by atoms with Gasteiger partial charge in [-0.05, 0) is 25.3 Å². The van der Waals surface area contributed by atoms with Crippen molar-refractivity contribution in [2.45, 2.75) is 25.3 Å². The molecule has 1 aromatic rings. The summed E-state index contributed by atoms with van der Waals surface area (Å²) in [6.45, 7) is 0.772. The lowest BCUT2D eigenvalue weighted by Gasteiger charge is -2.34. The van der Waals surface area contributed by atoms with Gasteiger partial charge in [-0.25, -0.2) is 10.8 Å². The van der Waals surface area contributed by atoms with Gasteiger partial charge in [0.15, 0.2) is 0 Å². The minimum Gasteiger partial charge on any atom is -0.368 e. The Morgan fingerprint density at radius 3 is 3.06 bits per heavy atom. The van der Waals surface area contributed by atoms with Gasteiger partial charge in [-0.15, -0.1) is 0 Å². The highest BCUT2D eigenvalue weighted by atomic mass is 16.1. The predicted molar refractivity (Wildman–Crippen MR) is 64.0 cm³/mol. The van der Waals surface area contributed by atoms with E-state index in [0.717, 1.165) is 25.8 Å². The molecule has 2 rings (SSSR count). The van der Waals surface area contributed by atoms with Gasteiger partial charge in [-0.2, -0.15) is 4.98 Å². The number of nitrogens with zero attached hydrogens (tertiary/aromatic N) is 3. The number of hydrogen-bond donors (Lipinski definition) is 3. The molecule has 0 saturated carbocycles. The zero-order chi connectivity index (χ0) is 12.3. The average Bonchev–Trinajstić information content (AvgIpc) is 2.39. The second-order valence-corrected chi connectivity index (χ2v) is 3.99. The molecule has 1 aliphatic heterocycles. The van der Waals surface area contributed by atoms with Crippen molar-refractivity contribution in [3.63, 3.8) is 0 Å².